The summed E-state index contributed by atoms with van der Waals surface area (Å²) >= 11 is 6.95. The molecule has 0 aliphatic carbocycles. The third-order valence-corrected chi connectivity index (χ3v) is 6.77. The molecule has 5 aromatic rings. The van der Waals surface area contributed by atoms with Gasteiger partial charge in [-0.15, -0.1) is 0 Å². The Labute approximate surface area is 234 Å². The predicted octanol–water partition coefficient (Wildman–Crippen LogP) is 6.55. The molecular formula is C28H21Br2N3O5. The van der Waals surface area contributed by atoms with Crippen LogP contribution in [-0.4, -0.2) is 34.6 Å². The van der Waals surface area contributed by atoms with Crippen molar-refractivity contribution in [1.82, 2.24) is 9.66 Å². The van der Waals surface area contributed by atoms with E-state index in [-0.39, 0.29) is 18.0 Å². The summed E-state index contributed by atoms with van der Waals surface area (Å²) in [6, 6.07) is 19.8. The average Bonchev–Trinajstić information content (AvgIpc) is 3.32. The smallest absolute Gasteiger partial charge is 0.347 e. The number of para-hydroxylation sites is 1. The molecular weight excluding hydrogens is 618 g/mol. The van der Waals surface area contributed by atoms with Crippen molar-refractivity contribution >= 4 is 65.9 Å². The number of fused-ring (bicyclic) bond motifs is 2. The Balaban J connectivity index is 1.53. The summed E-state index contributed by atoms with van der Waals surface area (Å²) in [5.41, 5.74) is 1.57. The van der Waals surface area contributed by atoms with Crippen LogP contribution in [0.2, 0.25) is 0 Å². The van der Waals surface area contributed by atoms with Gasteiger partial charge in [-0.1, -0.05) is 28.1 Å². The van der Waals surface area contributed by atoms with Gasteiger partial charge in [0.15, 0.2) is 11.9 Å². The highest BCUT2D eigenvalue weighted by atomic mass is 79.9. The first-order valence-electron chi connectivity index (χ1n) is 11.7. The summed E-state index contributed by atoms with van der Waals surface area (Å²) in [6.45, 7) is 3.64. The van der Waals surface area contributed by atoms with Crippen LogP contribution in [0.25, 0.3) is 33.5 Å². The van der Waals surface area contributed by atoms with Crippen molar-refractivity contribution in [2.24, 2.45) is 5.10 Å². The number of rotatable bonds is 7. The molecule has 0 saturated heterocycles. The molecule has 0 amide bonds. The molecule has 0 aliphatic rings. The van der Waals surface area contributed by atoms with Crippen molar-refractivity contribution in [3.05, 3.63) is 91.6 Å². The maximum absolute atomic E-state index is 13.5. The van der Waals surface area contributed by atoms with Crippen LogP contribution in [0.5, 0.6) is 5.75 Å². The van der Waals surface area contributed by atoms with E-state index < -0.39 is 12.1 Å². The Bertz CT molecular complexity index is 1760. The van der Waals surface area contributed by atoms with Crippen LogP contribution < -0.4 is 10.3 Å². The fourth-order valence-corrected chi connectivity index (χ4v) is 4.70. The molecule has 2 heterocycles. The van der Waals surface area contributed by atoms with Crippen molar-refractivity contribution < 1.29 is 18.7 Å². The molecule has 0 bridgehead atoms. The lowest BCUT2D eigenvalue weighted by Gasteiger charge is -2.14. The quantitative estimate of drug-likeness (QED) is 0.148. The van der Waals surface area contributed by atoms with Gasteiger partial charge in [0.1, 0.15) is 11.3 Å². The van der Waals surface area contributed by atoms with Crippen molar-refractivity contribution in [1.29, 1.82) is 0 Å². The van der Waals surface area contributed by atoms with Gasteiger partial charge >= 0.3 is 5.97 Å². The minimum atomic E-state index is -0.764. The molecule has 2 aromatic heterocycles. The van der Waals surface area contributed by atoms with Crippen LogP contribution in [0.1, 0.15) is 19.4 Å². The van der Waals surface area contributed by atoms with Crippen LogP contribution in [0.15, 0.2) is 90.0 Å². The van der Waals surface area contributed by atoms with E-state index in [9.17, 15) is 9.59 Å². The Morgan fingerprint density at radius 3 is 2.74 bits per heavy atom. The highest BCUT2D eigenvalue weighted by molar-refractivity contribution is 9.10. The summed E-state index contributed by atoms with van der Waals surface area (Å²) in [5.74, 6) is 0.718. The van der Waals surface area contributed by atoms with Crippen molar-refractivity contribution in [2.75, 3.05) is 6.61 Å². The second-order valence-electron chi connectivity index (χ2n) is 8.31. The first-order chi connectivity index (χ1) is 18.3. The van der Waals surface area contributed by atoms with Gasteiger partial charge in [0.05, 0.1) is 28.2 Å². The average molecular weight is 639 g/mol. The number of nitrogens with zero attached hydrogens (tertiary/aromatic N) is 3. The molecule has 0 unspecified atom stereocenters. The zero-order chi connectivity index (χ0) is 26.8. The van der Waals surface area contributed by atoms with Crippen molar-refractivity contribution in [3.63, 3.8) is 0 Å². The van der Waals surface area contributed by atoms with E-state index in [2.05, 4.69) is 37.0 Å². The second kappa shape index (κ2) is 10.9. The summed E-state index contributed by atoms with van der Waals surface area (Å²) in [4.78, 5) is 30.1. The SMILES string of the molecule is CCOC(=O)[C@@H](C)Oc1ccc(C=Nn2c(-c3cc4cc(Br)ccc4o3)nc3ccccc3c2=O)cc1Br. The van der Waals surface area contributed by atoms with Gasteiger partial charge in [0, 0.05) is 9.86 Å². The van der Waals surface area contributed by atoms with Gasteiger partial charge in [-0.2, -0.15) is 9.78 Å². The fourth-order valence-electron chi connectivity index (χ4n) is 3.83. The maximum Gasteiger partial charge on any atom is 0.347 e. The number of carbonyl (C=O) groups excluding carboxylic acids is 1. The van der Waals surface area contributed by atoms with Gasteiger partial charge in [0.2, 0.25) is 5.82 Å². The number of aromatic nitrogens is 2. The molecule has 0 saturated carbocycles. The Morgan fingerprint density at radius 1 is 1.13 bits per heavy atom. The Hall–Kier alpha value is -3.76. The van der Waals surface area contributed by atoms with Gasteiger partial charge in [-0.25, -0.2) is 9.78 Å². The number of ether oxygens (including phenoxy) is 2. The molecule has 5 rings (SSSR count). The van der Waals surface area contributed by atoms with Crippen molar-refractivity contribution in [3.8, 4) is 17.3 Å². The standard InChI is InChI=1S/C28H21Br2N3O5/c1-3-36-28(35)16(2)37-24-10-8-17(12-21(24)30)15-31-33-26(32-22-7-5-4-6-20(22)27(33)34)25-14-18-13-19(29)9-11-23(18)38-25/h4-16H,3H2,1-2H3/t16-/m1/s1. The lowest BCUT2D eigenvalue weighted by atomic mass is 10.2. The second-order valence-corrected chi connectivity index (χ2v) is 10.1. The van der Waals surface area contributed by atoms with E-state index in [1.807, 2.05) is 30.3 Å². The monoisotopic (exact) mass is 637 g/mol. The summed E-state index contributed by atoms with van der Waals surface area (Å²) in [5, 5.41) is 5.79. The number of esters is 1. The van der Waals surface area contributed by atoms with E-state index in [1.165, 1.54) is 4.68 Å². The van der Waals surface area contributed by atoms with Gasteiger partial charge in [-0.3, -0.25) is 4.79 Å². The normalized spacial score (nSPS) is 12.3. The number of hydrogen-bond donors (Lipinski definition) is 0. The van der Waals surface area contributed by atoms with E-state index in [0.717, 1.165) is 9.86 Å². The largest absolute Gasteiger partial charge is 0.478 e. The first kappa shape index (κ1) is 25.9. The van der Waals surface area contributed by atoms with E-state index in [4.69, 9.17) is 18.9 Å². The highest BCUT2D eigenvalue weighted by Gasteiger charge is 2.18. The number of hydrogen-bond acceptors (Lipinski definition) is 7. The molecule has 0 N–H and O–H groups in total. The number of carbonyl (C=O) groups is 1. The highest BCUT2D eigenvalue weighted by Crippen LogP contribution is 2.30. The van der Waals surface area contributed by atoms with Gasteiger partial charge < -0.3 is 13.9 Å². The molecule has 10 heteroatoms. The predicted molar refractivity (Wildman–Crippen MR) is 153 cm³/mol. The molecule has 0 radical (unpaired) electrons. The molecule has 0 aliphatic heterocycles. The number of benzene rings is 3. The van der Waals surface area contributed by atoms with E-state index in [1.54, 1.807) is 56.5 Å². The third kappa shape index (κ3) is 5.27. The fraction of sp³-hybridized carbons (Fsp3) is 0.143. The summed E-state index contributed by atoms with van der Waals surface area (Å²) in [7, 11) is 0. The van der Waals surface area contributed by atoms with Gasteiger partial charge in [-0.05, 0) is 89.9 Å². The molecule has 192 valence electrons. The van der Waals surface area contributed by atoms with Crippen LogP contribution >= 0.6 is 31.9 Å². The molecule has 38 heavy (non-hydrogen) atoms. The minimum absolute atomic E-state index is 0.277. The molecule has 8 nitrogen and oxygen atoms in total. The van der Waals surface area contributed by atoms with E-state index in [0.29, 0.717) is 38.0 Å². The van der Waals surface area contributed by atoms with E-state index >= 15 is 0 Å². The molecule has 1 atom stereocenters. The first-order valence-corrected chi connectivity index (χ1v) is 13.3. The topological polar surface area (TPSA) is 95.9 Å². The summed E-state index contributed by atoms with van der Waals surface area (Å²) in [6.07, 6.45) is 0.782. The third-order valence-electron chi connectivity index (χ3n) is 5.65. The number of halogens is 2. The van der Waals surface area contributed by atoms with Crippen LogP contribution in [0.4, 0.5) is 0 Å². The van der Waals surface area contributed by atoms with Crippen LogP contribution in [0, 0.1) is 0 Å². The van der Waals surface area contributed by atoms with Gasteiger partial charge in [0.25, 0.3) is 5.56 Å². The Morgan fingerprint density at radius 2 is 1.95 bits per heavy atom. The Kier molecular flexibility index (Phi) is 7.44. The number of furan rings is 1. The summed E-state index contributed by atoms with van der Waals surface area (Å²) < 4.78 is 19.5. The molecule has 0 fully saturated rings. The zero-order valence-corrected chi connectivity index (χ0v) is 23.5. The minimum Gasteiger partial charge on any atom is -0.478 e. The van der Waals surface area contributed by atoms with Crippen molar-refractivity contribution in [2.45, 2.75) is 20.0 Å². The molecule has 3 aromatic carbocycles. The zero-order valence-electron chi connectivity index (χ0n) is 20.4. The lowest BCUT2D eigenvalue weighted by Crippen LogP contribution is -2.26. The van der Waals surface area contributed by atoms with Crippen LogP contribution in [0.3, 0.4) is 0 Å². The lowest BCUT2D eigenvalue weighted by molar-refractivity contribution is -0.150. The molecule has 0 spiro atoms. The van der Waals surface area contributed by atoms with Crippen LogP contribution in [-0.2, 0) is 9.53 Å². The maximum atomic E-state index is 13.5.